The van der Waals surface area contributed by atoms with Crippen molar-refractivity contribution in [3.63, 3.8) is 0 Å². The molecule has 2 aromatic carbocycles. The molecule has 5 nitrogen and oxygen atoms in total. The molecule has 1 heterocycles. The number of pyridine rings is 1. The Morgan fingerprint density at radius 1 is 1.05 bits per heavy atom. The zero-order valence-electron chi connectivity index (χ0n) is 19.9. The van der Waals surface area contributed by atoms with Crippen LogP contribution in [0.3, 0.4) is 0 Å². The lowest BCUT2D eigenvalue weighted by atomic mass is 10.0. The number of benzene rings is 2. The highest BCUT2D eigenvalue weighted by molar-refractivity contribution is 8.13. The maximum absolute atomic E-state index is 13.1. The number of hydrogen-bond acceptors (Lipinski definition) is 5. The Balaban J connectivity index is 1.63. The highest BCUT2D eigenvalue weighted by Crippen LogP contribution is 2.39. The van der Waals surface area contributed by atoms with E-state index in [0.29, 0.717) is 35.4 Å². The molecule has 208 valence electrons. The third-order valence-corrected chi connectivity index (χ3v) is 7.14. The van der Waals surface area contributed by atoms with Crippen molar-refractivity contribution < 1.29 is 45.9 Å². The molecule has 13 heteroatoms. The normalized spacial score (nSPS) is 14.3. The quantitative estimate of drug-likeness (QED) is 0.131. The van der Waals surface area contributed by atoms with Crippen LogP contribution in [0.15, 0.2) is 59.8 Å². The van der Waals surface area contributed by atoms with Gasteiger partial charge in [0.15, 0.2) is 23.9 Å². The van der Waals surface area contributed by atoms with Gasteiger partial charge in [0.1, 0.15) is 16.1 Å². The third kappa shape index (κ3) is 8.36. The van der Waals surface area contributed by atoms with Gasteiger partial charge in [0.2, 0.25) is 0 Å². The van der Waals surface area contributed by atoms with Crippen LogP contribution < -0.4 is 14.5 Å². The summed E-state index contributed by atoms with van der Waals surface area (Å²) in [6, 6.07) is 8.36. The van der Waals surface area contributed by atoms with Crippen LogP contribution in [0.25, 0.3) is 0 Å². The molecule has 3 aromatic rings. The summed E-state index contributed by atoms with van der Waals surface area (Å²) in [6.45, 7) is -2.79. The van der Waals surface area contributed by atoms with E-state index in [1.54, 1.807) is 0 Å². The van der Waals surface area contributed by atoms with Crippen molar-refractivity contribution in [2.75, 3.05) is 6.61 Å². The monoisotopic (exact) mass is 608 g/mol. The van der Waals surface area contributed by atoms with Crippen LogP contribution >= 0.6 is 35.0 Å². The topological polar surface area (TPSA) is 58.9 Å². The van der Waals surface area contributed by atoms with Crippen LogP contribution in [-0.2, 0) is 17.3 Å². The number of halogens is 7. The highest BCUT2D eigenvalue weighted by Gasteiger charge is 2.31. The van der Waals surface area contributed by atoms with Crippen LogP contribution in [-0.4, -0.2) is 18.5 Å². The number of carbonyl (C=O) groups excluding carboxylic acids is 1. The summed E-state index contributed by atoms with van der Waals surface area (Å²) >= 11 is 13.1. The zero-order valence-corrected chi connectivity index (χ0v) is 22.3. The van der Waals surface area contributed by atoms with E-state index in [-0.39, 0.29) is 32.9 Å². The first kappa shape index (κ1) is 29.2. The summed E-state index contributed by atoms with van der Waals surface area (Å²) < 4.78 is 81.2. The Labute approximate surface area is 234 Å². The molecule has 1 aliphatic rings. The molecule has 0 bridgehead atoms. The van der Waals surface area contributed by atoms with E-state index in [0.717, 1.165) is 25.0 Å². The molecule has 1 aromatic heterocycles. The number of nitrogens with one attached hydrogen (secondary N) is 1. The Kier molecular flexibility index (Phi) is 9.45. The molecule has 1 N–H and O–H groups in total. The fourth-order valence-electron chi connectivity index (χ4n) is 3.58. The van der Waals surface area contributed by atoms with E-state index in [1.807, 2.05) is 0 Å². The van der Waals surface area contributed by atoms with E-state index in [1.165, 1.54) is 42.7 Å². The largest absolute Gasteiger partial charge is 0.489 e. The van der Waals surface area contributed by atoms with Gasteiger partial charge in [0.25, 0.3) is 0 Å². The van der Waals surface area contributed by atoms with Crippen LogP contribution in [0.4, 0.5) is 26.7 Å². The maximum atomic E-state index is 13.1. The van der Waals surface area contributed by atoms with Crippen molar-refractivity contribution in [1.29, 1.82) is 0 Å². The van der Waals surface area contributed by atoms with Gasteiger partial charge in [-0.15, -0.1) is 0 Å². The van der Waals surface area contributed by atoms with E-state index in [4.69, 9.17) is 32.7 Å². The van der Waals surface area contributed by atoms with Crippen molar-refractivity contribution >= 4 is 40.3 Å². The number of H-pyrrole nitrogens is 1. The highest BCUT2D eigenvalue weighted by atomic mass is 35.5. The van der Waals surface area contributed by atoms with E-state index >= 15 is 0 Å². The van der Waals surface area contributed by atoms with Gasteiger partial charge in [-0.3, -0.25) is 0 Å². The standard InChI is InChI=1S/C26H20Cl2F5NO4S/c27-19-11-34-12-20(28)18(19)10-22(38-25(35)39-17-3-1-2-16(9-17)26(31,32)33)15-6-7-21(37-24(29)30)23(8-15)36-13-14-4-5-14/h1-3,6-9,11-12,14,22,24H,4-5,10,13H2/p+1/t22-/m0/s1. The molecule has 0 spiro atoms. The van der Waals surface area contributed by atoms with Gasteiger partial charge >= 0.3 is 18.1 Å². The maximum Gasteiger partial charge on any atom is 0.416 e. The molecule has 1 atom stereocenters. The molecule has 0 aliphatic heterocycles. The number of ether oxygens (including phenoxy) is 3. The van der Waals surface area contributed by atoms with Gasteiger partial charge in [0.05, 0.1) is 12.2 Å². The molecule has 39 heavy (non-hydrogen) atoms. The first-order valence-corrected chi connectivity index (χ1v) is 13.2. The van der Waals surface area contributed by atoms with E-state index in [9.17, 15) is 26.7 Å². The van der Waals surface area contributed by atoms with Crippen LogP contribution in [0.2, 0.25) is 10.0 Å². The molecule has 0 saturated heterocycles. The summed E-state index contributed by atoms with van der Waals surface area (Å²) in [4.78, 5) is 15.7. The molecular weight excluding hydrogens is 588 g/mol. The second kappa shape index (κ2) is 12.6. The number of rotatable bonds is 10. The van der Waals surface area contributed by atoms with Crippen molar-refractivity contribution in [1.82, 2.24) is 0 Å². The van der Waals surface area contributed by atoms with Gasteiger partial charge in [0, 0.05) is 16.9 Å². The van der Waals surface area contributed by atoms with Gasteiger partial charge < -0.3 is 14.2 Å². The van der Waals surface area contributed by atoms with Crippen molar-refractivity contribution in [3.05, 3.63) is 81.6 Å². The summed E-state index contributed by atoms with van der Waals surface area (Å²) in [5.41, 5.74) is -0.143. The first-order valence-electron chi connectivity index (χ1n) is 11.6. The molecule has 4 rings (SSSR count). The molecule has 1 aliphatic carbocycles. The van der Waals surface area contributed by atoms with Crippen molar-refractivity contribution in [2.45, 2.75) is 43.0 Å². The number of aromatic nitrogens is 1. The summed E-state index contributed by atoms with van der Waals surface area (Å²) in [7, 11) is 0. The summed E-state index contributed by atoms with van der Waals surface area (Å²) in [5.74, 6) is 0.150. The van der Waals surface area contributed by atoms with E-state index in [2.05, 4.69) is 9.72 Å². The number of alkyl halides is 5. The molecule has 0 unspecified atom stereocenters. The minimum atomic E-state index is -4.58. The molecule has 1 fully saturated rings. The number of hydrogen-bond donors (Lipinski definition) is 0. The first-order chi connectivity index (χ1) is 18.5. The summed E-state index contributed by atoms with van der Waals surface area (Å²) in [5, 5.41) is -0.406. The number of carbonyl (C=O) groups is 1. The molecular formula is C26H21Cl2F5NO4S+. The minimum absolute atomic E-state index is 0.0214. The van der Waals surface area contributed by atoms with Gasteiger partial charge in [-0.1, -0.05) is 35.3 Å². The molecule has 0 amide bonds. The molecule has 1 saturated carbocycles. The van der Waals surface area contributed by atoms with Crippen molar-refractivity contribution in [2.24, 2.45) is 5.92 Å². The lowest BCUT2D eigenvalue weighted by molar-refractivity contribution is -0.377. The van der Waals surface area contributed by atoms with Gasteiger partial charge in [-0.25, -0.2) is 9.78 Å². The lowest BCUT2D eigenvalue weighted by Crippen LogP contribution is -2.14. The summed E-state index contributed by atoms with van der Waals surface area (Å²) in [6.07, 6.45) is -0.805. The Morgan fingerprint density at radius 3 is 2.41 bits per heavy atom. The SMILES string of the molecule is O=C(O[C@@H](Cc1c(Cl)c[nH+]cc1Cl)c1ccc(OC(F)F)c(OCC2CC2)c1)Sc1cccc(C(F)(F)F)c1. The zero-order chi connectivity index (χ0) is 28.2. The average Bonchev–Trinajstić information content (AvgIpc) is 3.69. The second-order valence-corrected chi connectivity index (χ2v) is 10.5. The number of aromatic amines is 1. The predicted octanol–water partition coefficient (Wildman–Crippen LogP) is 8.43. The minimum Gasteiger partial charge on any atom is -0.489 e. The smallest absolute Gasteiger partial charge is 0.416 e. The number of thioether (sulfide) groups is 1. The Hall–Kier alpha value is -2.76. The average molecular weight is 609 g/mol. The van der Waals surface area contributed by atoms with Gasteiger partial charge in [-0.2, -0.15) is 22.0 Å². The van der Waals surface area contributed by atoms with Crippen molar-refractivity contribution in [3.8, 4) is 11.5 Å². The third-order valence-electron chi connectivity index (χ3n) is 5.71. The lowest BCUT2D eigenvalue weighted by Gasteiger charge is -2.21. The second-order valence-electron chi connectivity index (χ2n) is 8.66. The fourth-order valence-corrected chi connectivity index (χ4v) is 4.80. The van der Waals surface area contributed by atoms with Crippen LogP contribution in [0.5, 0.6) is 11.5 Å². The fraction of sp³-hybridized carbons (Fsp3) is 0.308. The van der Waals surface area contributed by atoms with Crippen LogP contribution in [0.1, 0.15) is 35.6 Å². The van der Waals surface area contributed by atoms with Crippen LogP contribution in [0, 0.1) is 5.92 Å². The van der Waals surface area contributed by atoms with E-state index < -0.39 is 29.8 Å². The Morgan fingerprint density at radius 2 is 1.77 bits per heavy atom. The predicted molar refractivity (Wildman–Crippen MR) is 135 cm³/mol. The molecule has 0 radical (unpaired) electrons. The van der Waals surface area contributed by atoms with Gasteiger partial charge in [-0.05, 0) is 66.4 Å². The Bertz CT molecular complexity index is 1300.